The molecule has 0 aliphatic rings. The minimum atomic E-state index is -0.285. The average molecular weight is 231 g/mol. The van der Waals surface area contributed by atoms with Gasteiger partial charge in [0, 0.05) is 17.1 Å². The minimum absolute atomic E-state index is 0.247. The van der Waals surface area contributed by atoms with Gasteiger partial charge in [-0.15, -0.1) is 0 Å². The third-order valence-corrected chi connectivity index (χ3v) is 2.66. The van der Waals surface area contributed by atoms with E-state index in [4.69, 9.17) is 10.2 Å². The van der Waals surface area contributed by atoms with Crippen LogP contribution < -0.4 is 5.73 Å². The highest BCUT2D eigenvalue weighted by Crippen LogP contribution is 2.30. The van der Waals surface area contributed by atoms with Crippen LogP contribution in [0.15, 0.2) is 35.0 Å². The molecule has 3 aromatic rings. The fourth-order valence-electron chi connectivity index (χ4n) is 1.85. The lowest BCUT2D eigenvalue weighted by Crippen LogP contribution is -1.94. The average Bonchev–Trinajstić information content (AvgIpc) is 2.94. The Kier molecular flexibility index (Phi) is 2.19. The van der Waals surface area contributed by atoms with Gasteiger partial charge < -0.3 is 15.1 Å². The molecule has 86 valence electrons. The van der Waals surface area contributed by atoms with Gasteiger partial charge >= 0.3 is 0 Å². The highest BCUT2D eigenvalue weighted by molar-refractivity contribution is 5.94. The number of nitrogens with zero attached hydrogens (tertiary/aromatic N) is 1. The van der Waals surface area contributed by atoms with Crippen LogP contribution in [0.25, 0.3) is 22.2 Å². The van der Waals surface area contributed by atoms with Crippen molar-refractivity contribution < 1.29 is 8.81 Å². The predicted octanol–water partition coefficient (Wildman–Crippen LogP) is 2.42. The maximum absolute atomic E-state index is 13.5. The van der Waals surface area contributed by atoms with Gasteiger partial charge in [-0.3, -0.25) is 0 Å². The molecule has 0 amide bonds. The van der Waals surface area contributed by atoms with E-state index in [9.17, 15) is 4.39 Å². The number of halogens is 1. The number of nitrogens with two attached hydrogens (primary N) is 1. The standard InChI is InChI=1S/C12H10FN3O/c13-9-3-1-2-7-8(5-16-12(7)9)10-6-15-11(4-14)17-10/h1-3,5-6,16H,4,14H2. The van der Waals surface area contributed by atoms with Crippen LogP contribution >= 0.6 is 0 Å². The van der Waals surface area contributed by atoms with E-state index in [1.165, 1.54) is 6.07 Å². The molecule has 0 bridgehead atoms. The molecule has 0 saturated heterocycles. The van der Waals surface area contributed by atoms with Crippen LogP contribution in [-0.2, 0) is 6.54 Å². The molecule has 3 N–H and O–H groups in total. The Hall–Kier alpha value is -2.14. The third-order valence-electron chi connectivity index (χ3n) is 2.66. The first kappa shape index (κ1) is 10.0. The number of fused-ring (bicyclic) bond motifs is 1. The van der Waals surface area contributed by atoms with Crippen molar-refractivity contribution in [1.82, 2.24) is 9.97 Å². The molecule has 0 spiro atoms. The summed E-state index contributed by atoms with van der Waals surface area (Å²) < 4.78 is 18.9. The Morgan fingerprint density at radius 3 is 3.06 bits per heavy atom. The molecular formula is C12H10FN3O. The van der Waals surface area contributed by atoms with Gasteiger partial charge in [0.2, 0.25) is 5.89 Å². The number of hydrogen-bond acceptors (Lipinski definition) is 3. The molecule has 3 rings (SSSR count). The highest BCUT2D eigenvalue weighted by atomic mass is 19.1. The molecule has 17 heavy (non-hydrogen) atoms. The van der Waals surface area contributed by atoms with Crippen LogP contribution in [0.1, 0.15) is 5.89 Å². The molecule has 4 nitrogen and oxygen atoms in total. The summed E-state index contributed by atoms with van der Waals surface area (Å²) in [6, 6.07) is 4.90. The number of oxazole rings is 1. The summed E-state index contributed by atoms with van der Waals surface area (Å²) in [5.74, 6) is 0.764. The number of H-pyrrole nitrogens is 1. The number of aromatic nitrogens is 2. The molecular weight excluding hydrogens is 221 g/mol. The van der Waals surface area contributed by atoms with Crippen LogP contribution in [0, 0.1) is 5.82 Å². The topological polar surface area (TPSA) is 67.8 Å². The zero-order valence-electron chi connectivity index (χ0n) is 8.90. The Bertz CT molecular complexity index is 671. The molecule has 0 aliphatic heterocycles. The van der Waals surface area contributed by atoms with Crippen LogP contribution in [0.2, 0.25) is 0 Å². The smallest absolute Gasteiger partial charge is 0.208 e. The van der Waals surface area contributed by atoms with Crippen molar-refractivity contribution in [3.8, 4) is 11.3 Å². The Balaban J connectivity index is 2.20. The fraction of sp³-hybridized carbons (Fsp3) is 0.0833. The molecule has 0 aliphatic carbocycles. The normalized spacial score (nSPS) is 11.2. The van der Waals surface area contributed by atoms with E-state index in [1.54, 1.807) is 18.5 Å². The molecule has 0 fully saturated rings. The second kappa shape index (κ2) is 3.71. The molecule has 0 unspecified atom stereocenters. The van der Waals surface area contributed by atoms with E-state index < -0.39 is 0 Å². The fourth-order valence-corrected chi connectivity index (χ4v) is 1.85. The Morgan fingerprint density at radius 2 is 2.29 bits per heavy atom. The maximum atomic E-state index is 13.5. The highest BCUT2D eigenvalue weighted by Gasteiger charge is 2.12. The van der Waals surface area contributed by atoms with E-state index in [0.29, 0.717) is 17.2 Å². The van der Waals surface area contributed by atoms with Crippen molar-refractivity contribution in [3.63, 3.8) is 0 Å². The predicted molar refractivity (Wildman–Crippen MR) is 61.6 cm³/mol. The van der Waals surface area contributed by atoms with E-state index in [1.807, 2.05) is 6.07 Å². The van der Waals surface area contributed by atoms with Crippen LogP contribution in [-0.4, -0.2) is 9.97 Å². The summed E-state index contributed by atoms with van der Waals surface area (Å²) in [4.78, 5) is 6.91. The first-order valence-electron chi connectivity index (χ1n) is 5.20. The summed E-state index contributed by atoms with van der Waals surface area (Å²) >= 11 is 0. The first-order valence-corrected chi connectivity index (χ1v) is 5.20. The number of aromatic amines is 1. The zero-order valence-corrected chi connectivity index (χ0v) is 8.90. The lowest BCUT2D eigenvalue weighted by molar-refractivity contribution is 0.510. The van der Waals surface area contributed by atoms with Gasteiger partial charge in [0.25, 0.3) is 0 Å². The Labute approximate surface area is 96.3 Å². The van der Waals surface area contributed by atoms with Crippen LogP contribution in [0.5, 0.6) is 0 Å². The SMILES string of the molecule is NCc1ncc(-c2c[nH]c3c(F)cccc23)o1. The van der Waals surface area contributed by atoms with Crippen molar-refractivity contribution in [2.45, 2.75) is 6.54 Å². The zero-order chi connectivity index (χ0) is 11.8. The van der Waals surface area contributed by atoms with Gasteiger partial charge in [-0.2, -0.15) is 0 Å². The van der Waals surface area contributed by atoms with Crippen molar-refractivity contribution in [2.75, 3.05) is 0 Å². The van der Waals surface area contributed by atoms with Crippen molar-refractivity contribution in [3.05, 3.63) is 42.3 Å². The van der Waals surface area contributed by atoms with Crippen molar-refractivity contribution in [1.29, 1.82) is 0 Å². The quantitative estimate of drug-likeness (QED) is 0.711. The Morgan fingerprint density at radius 1 is 1.41 bits per heavy atom. The van der Waals surface area contributed by atoms with Crippen molar-refractivity contribution >= 4 is 10.9 Å². The van der Waals surface area contributed by atoms with Crippen LogP contribution in [0.3, 0.4) is 0 Å². The van der Waals surface area contributed by atoms with Gasteiger partial charge in [-0.25, -0.2) is 9.37 Å². The second-order valence-corrected chi connectivity index (χ2v) is 3.69. The third kappa shape index (κ3) is 1.52. The number of nitrogens with one attached hydrogen (secondary N) is 1. The van der Waals surface area contributed by atoms with Gasteiger partial charge in [-0.05, 0) is 6.07 Å². The van der Waals surface area contributed by atoms with E-state index in [-0.39, 0.29) is 12.4 Å². The van der Waals surface area contributed by atoms with E-state index in [2.05, 4.69) is 9.97 Å². The number of para-hydroxylation sites is 1. The summed E-state index contributed by atoms with van der Waals surface area (Å²) in [6.45, 7) is 0.247. The summed E-state index contributed by atoms with van der Waals surface area (Å²) in [7, 11) is 0. The van der Waals surface area contributed by atoms with Gasteiger partial charge in [0.1, 0.15) is 5.82 Å². The maximum Gasteiger partial charge on any atom is 0.208 e. The van der Waals surface area contributed by atoms with Gasteiger partial charge in [-0.1, -0.05) is 12.1 Å². The summed E-state index contributed by atoms with van der Waals surface area (Å²) in [5.41, 5.74) is 6.68. The molecule has 0 radical (unpaired) electrons. The van der Waals surface area contributed by atoms with Crippen molar-refractivity contribution in [2.24, 2.45) is 5.73 Å². The largest absolute Gasteiger partial charge is 0.439 e. The summed E-state index contributed by atoms with van der Waals surface area (Å²) in [5, 5.41) is 0.768. The molecule has 5 heteroatoms. The first-order chi connectivity index (χ1) is 8.29. The van der Waals surface area contributed by atoms with Gasteiger partial charge in [0.15, 0.2) is 5.76 Å². The molecule has 2 aromatic heterocycles. The summed E-state index contributed by atoms with van der Waals surface area (Å²) in [6.07, 6.45) is 3.30. The monoisotopic (exact) mass is 231 g/mol. The minimum Gasteiger partial charge on any atom is -0.439 e. The van der Waals surface area contributed by atoms with E-state index in [0.717, 1.165) is 10.9 Å². The van der Waals surface area contributed by atoms with Crippen LogP contribution in [0.4, 0.5) is 4.39 Å². The number of hydrogen-bond donors (Lipinski definition) is 2. The lowest BCUT2D eigenvalue weighted by Gasteiger charge is -1.94. The number of rotatable bonds is 2. The lowest BCUT2D eigenvalue weighted by atomic mass is 10.1. The van der Waals surface area contributed by atoms with E-state index >= 15 is 0 Å². The molecule has 1 aromatic carbocycles. The number of benzene rings is 1. The van der Waals surface area contributed by atoms with Gasteiger partial charge in [0.05, 0.1) is 18.3 Å². The molecule has 0 saturated carbocycles. The molecule has 2 heterocycles. The second-order valence-electron chi connectivity index (χ2n) is 3.69. The molecule has 0 atom stereocenters.